The molecular weight excluding hydrogens is 242 g/mol. The molecule has 20 heavy (non-hydrogen) atoms. The van der Waals surface area contributed by atoms with E-state index in [9.17, 15) is 0 Å². The Bertz CT molecular complexity index is 416. The maximum atomic E-state index is 6.70. The lowest BCUT2D eigenvalue weighted by molar-refractivity contribution is 0.226. The summed E-state index contributed by atoms with van der Waals surface area (Å²) in [5, 5.41) is 0. The molecule has 1 saturated carbocycles. The van der Waals surface area contributed by atoms with E-state index in [-0.39, 0.29) is 11.0 Å². The Kier molecular flexibility index (Phi) is 4.59. The van der Waals surface area contributed by atoms with Crippen LogP contribution in [0.4, 0.5) is 0 Å². The van der Waals surface area contributed by atoms with E-state index < -0.39 is 0 Å². The van der Waals surface area contributed by atoms with Crippen LogP contribution >= 0.6 is 0 Å². The number of hydrogen-bond acceptors (Lipinski definition) is 1. The SMILES string of the molecule is CCCC1CCC(N)(c2ccc(C(C)(C)C)cc2)CC1. The number of hydrogen-bond donors (Lipinski definition) is 1. The van der Waals surface area contributed by atoms with Crippen molar-refractivity contribution in [3.63, 3.8) is 0 Å². The quantitative estimate of drug-likeness (QED) is 0.812. The Balaban J connectivity index is 2.08. The molecule has 1 aliphatic rings. The molecule has 0 aliphatic heterocycles. The highest BCUT2D eigenvalue weighted by atomic mass is 14.7. The Morgan fingerprint density at radius 2 is 1.65 bits per heavy atom. The highest BCUT2D eigenvalue weighted by Crippen LogP contribution is 2.39. The first-order valence-electron chi connectivity index (χ1n) is 8.25. The van der Waals surface area contributed by atoms with Gasteiger partial charge in [0.05, 0.1) is 0 Å². The molecule has 1 nitrogen and oxygen atoms in total. The summed E-state index contributed by atoms with van der Waals surface area (Å²) in [6.45, 7) is 9.07. The zero-order valence-electron chi connectivity index (χ0n) is 13.7. The molecule has 0 bridgehead atoms. The molecule has 0 unspecified atom stereocenters. The second kappa shape index (κ2) is 5.89. The topological polar surface area (TPSA) is 26.0 Å². The molecule has 1 aliphatic carbocycles. The van der Waals surface area contributed by atoms with Gasteiger partial charge in [-0.1, -0.05) is 64.8 Å². The molecule has 1 heteroatoms. The second-order valence-corrected chi connectivity index (χ2v) is 7.72. The van der Waals surface area contributed by atoms with Gasteiger partial charge in [0.15, 0.2) is 0 Å². The molecule has 0 atom stereocenters. The summed E-state index contributed by atoms with van der Waals surface area (Å²) in [7, 11) is 0. The Morgan fingerprint density at radius 3 is 2.10 bits per heavy atom. The standard InChI is InChI=1S/C19H31N/c1-5-6-15-11-13-19(20,14-12-15)17-9-7-16(8-10-17)18(2,3)4/h7-10,15H,5-6,11-14,20H2,1-4H3. The Labute approximate surface area is 125 Å². The summed E-state index contributed by atoms with van der Waals surface area (Å²) >= 11 is 0. The average Bonchev–Trinajstić information content (AvgIpc) is 2.41. The van der Waals surface area contributed by atoms with Crippen molar-refractivity contribution in [2.24, 2.45) is 11.7 Å². The van der Waals surface area contributed by atoms with Crippen LogP contribution in [0.25, 0.3) is 0 Å². The summed E-state index contributed by atoms with van der Waals surface area (Å²) in [4.78, 5) is 0. The van der Waals surface area contributed by atoms with Crippen LogP contribution in [-0.4, -0.2) is 0 Å². The lowest BCUT2D eigenvalue weighted by Gasteiger charge is -2.38. The van der Waals surface area contributed by atoms with Crippen molar-refractivity contribution in [2.75, 3.05) is 0 Å². The molecule has 0 heterocycles. The largest absolute Gasteiger partial charge is 0.321 e. The van der Waals surface area contributed by atoms with Gasteiger partial charge < -0.3 is 5.73 Å². The van der Waals surface area contributed by atoms with Crippen molar-refractivity contribution in [2.45, 2.75) is 77.2 Å². The minimum atomic E-state index is -0.0827. The van der Waals surface area contributed by atoms with Crippen LogP contribution < -0.4 is 5.73 Å². The van der Waals surface area contributed by atoms with Gasteiger partial charge in [0.25, 0.3) is 0 Å². The molecule has 0 radical (unpaired) electrons. The van der Waals surface area contributed by atoms with Gasteiger partial charge in [-0.3, -0.25) is 0 Å². The lowest BCUT2D eigenvalue weighted by atomic mass is 9.72. The second-order valence-electron chi connectivity index (χ2n) is 7.72. The van der Waals surface area contributed by atoms with Crippen LogP contribution in [0, 0.1) is 5.92 Å². The summed E-state index contributed by atoms with van der Waals surface area (Å²) < 4.78 is 0. The monoisotopic (exact) mass is 273 g/mol. The predicted octanol–water partition coefficient (Wildman–Crippen LogP) is 5.13. The van der Waals surface area contributed by atoms with Gasteiger partial charge in [0, 0.05) is 5.54 Å². The van der Waals surface area contributed by atoms with Crippen molar-refractivity contribution >= 4 is 0 Å². The average molecular weight is 273 g/mol. The fourth-order valence-corrected chi connectivity index (χ4v) is 3.48. The maximum Gasteiger partial charge on any atom is 0.0409 e. The first kappa shape index (κ1) is 15.6. The van der Waals surface area contributed by atoms with Gasteiger partial charge in [-0.05, 0) is 48.1 Å². The molecule has 0 amide bonds. The lowest BCUT2D eigenvalue weighted by Crippen LogP contribution is -2.40. The molecule has 2 rings (SSSR count). The van der Waals surface area contributed by atoms with Crippen molar-refractivity contribution in [1.29, 1.82) is 0 Å². The number of benzene rings is 1. The van der Waals surface area contributed by atoms with Crippen molar-refractivity contribution in [3.8, 4) is 0 Å². The summed E-state index contributed by atoms with van der Waals surface area (Å²) in [5.74, 6) is 0.908. The molecule has 1 fully saturated rings. The first-order valence-corrected chi connectivity index (χ1v) is 8.25. The third-order valence-corrected chi connectivity index (χ3v) is 5.02. The summed E-state index contributed by atoms with van der Waals surface area (Å²) in [5.41, 5.74) is 9.56. The van der Waals surface area contributed by atoms with E-state index in [1.807, 2.05) is 0 Å². The Hall–Kier alpha value is -0.820. The molecule has 112 valence electrons. The highest BCUT2D eigenvalue weighted by molar-refractivity contribution is 5.32. The van der Waals surface area contributed by atoms with E-state index in [4.69, 9.17) is 5.73 Å². The van der Waals surface area contributed by atoms with Gasteiger partial charge in [0.1, 0.15) is 0 Å². The van der Waals surface area contributed by atoms with E-state index in [2.05, 4.69) is 52.0 Å². The van der Waals surface area contributed by atoms with Crippen LogP contribution in [-0.2, 0) is 11.0 Å². The van der Waals surface area contributed by atoms with Gasteiger partial charge in [-0.15, -0.1) is 0 Å². The third kappa shape index (κ3) is 3.44. The van der Waals surface area contributed by atoms with Gasteiger partial charge >= 0.3 is 0 Å². The van der Waals surface area contributed by atoms with E-state index in [1.165, 1.54) is 36.8 Å². The maximum absolute atomic E-state index is 6.70. The summed E-state index contributed by atoms with van der Waals surface area (Å²) in [6, 6.07) is 9.06. The molecule has 1 aromatic carbocycles. The summed E-state index contributed by atoms with van der Waals surface area (Å²) in [6.07, 6.45) is 7.57. The zero-order chi connectivity index (χ0) is 14.8. The molecule has 0 aromatic heterocycles. The van der Waals surface area contributed by atoms with Gasteiger partial charge in [-0.2, -0.15) is 0 Å². The van der Waals surface area contributed by atoms with Crippen molar-refractivity contribution in [1.82, 2.24) is 0 Å². The molecular formula is C19H31N. The number of nitrogens with two attached hydrogens (primary N) is 1. The van der Waals surface area contributed by atoms with Crippen LogP contribution in [0.3, 0.4) is 0 Å². The van der Waals surface area contributed by atoms with Crippen molar-refractivity contribution < 1.29 is 0 Å². The fourth-order valence-electron chi connectivity index (χ4n) is 3.48. The zero-order valence-corrected chi connectivity index (χ0v) is 13.7. The van der Waals surface area contributed by atoms with Crippen molar-refractivity contribution in [3.05, 3.63) is 35.4 Å². The molecule has 2 N–H and O–H groups in total. The van der Waals surface area contributed by atoms with Crippen LogP contribution in [0.15, 0.2) is 24.3 Å². The third-order valence-electron chi connectivity index (χ3n) is 5.02. The predicted molar refractivity (Wildman–Crippen MR) is 87.9 cm³/mol. The Morgan fingerprint density at radius 1 is 1.10 bits per heavy atom. The minimum absolute atomic E-state index is 0.0827. The number of rotatable bonds is 3. The molecule has 0 spiro atoms. The van der Waals surface area contributed by atoms with Gasteiger partial charge in [0.2, 0.25) is 0 Å². The van der Waals surface area contributed by atoms with E-state index >= 15 is 0 Å². The fraction of sp³-hybridized carbons (Fsp3) is 0.684. The normalized spacial score (nSPS) is 27.6. The molecule has 0 saturated heterocycles. The smallest absolute Gasteiger partial charge is 0.0409 e. The van der Waals surface area contributed by atoms with Crippen LogP contribution in [0.2, 0.25) is 0 Å². The minimum Gasteiger partial charge on any atom is -0.321 e. The highest BCUT2D eigenvalue weighted by Gasteiger charge is 2.32. The first-order chi connectivity index (χ1) is 9.35. The van der Waals surface area contributed by atoms with Crippen LogP contribution in [0.1, 0.15) is 77.3 Å². The van der Waals surface area contributed by atoms with E-state index in [0.29, 0.717) is 0 Å². The van der Waals surface area contributed by atoms with E-state index in [0.717, 1.165) is 18.8 Å². The van der Waals surface area contributed by atoms with Gasteiger partial charge in [-0.25, -0.2) is 0 Å². The van der Waals surface area contributed by atoms with Crippen LogP contribution in [0.5, 0.6) is 0 Å². The molecule has 1 aromatic rings. The van der Waals surface area contributed by atoms with E-state index in [1.54, 1.807) is 0 Å².